The van der Waals surface area contributed by atoms with E-state index in [1.807, 2.05) is 31.2 Å². The predicted octanol–water partition coefficient (Wildman–Crippen LogP) is 3.91. The molecule has 1 aliphatic heterocycles. The van der Waals surface area contributed by atoms with Crippen LogP contribution in [0, 0.1) is 6.92 Å². The average molecular weight is 370 g/mol. The number of para-hydroxylation sites is 2. The normalized spacial score (nSPS) is 14.9. The van der Waals surface area contributed by atoms with Gasteiger partial charge < -0.3 is 15.0 Å². The molecule has 138 valence electrons. The number of hydrogen-bond acceptors (Lipinski definition) is 3. The number of piperazine rings is 1. The minimum Gasteiger partial charge on any atom is -0.492 e. The topological polar surface area (TPSA) is 27.7 Å². The molecule has 1 aliphatic rings. The van der Waals surface area contributed by atoms with Gasteiger partial charge in [-0.25, -0.2) is 0 Å². The van der Waals surface area contributed by atoms with E-state index in [-0.39, 0.29) is 0 Å². The number of nitrogens with zero attached hydrogens (tertiary/aromatic N) is 2. The molecule has 0 aliphatic carbocycles. The maximum atomic E-state index is 5.67. The number of nitrogens with one attached hydrogen (secondary N) is 1. The summed E-state index contributed by atoms with van der Waals surface area (Å²) in [5.74, 6) is 0.843. The van der Waals surface area contributed by atoms with Crippen LogP contribution in [0.4, 0.5) is 5.69 Å². The van der Waals surface area contributed by atoms with Gasteiger partial charge in [0, 0.05) is 32.7 Å². The van der Waals surface area contributed by atoms with Crippen molar-refractivity contribution >= 4 is 23.0 Å². The van der Waals surface area contributed by atoms with Crippen LogP contribution in [0.25, 0.3) is 0 Å². The van der Waals surface area contributed by atoms with E-state index in [0.717, 1.165) is 49.3 Å². The van der Waals surface area contributed by atoms with Crippen molar-refractivity contribution in [3.05, 3.63) is 59.7 Å². The number of hydrogen-bond donors (Lipinski definition) is 1. The quantitative estimate of drug-likeness (QED) is 0.807. The summed E-state index contributed by atoms with van der Waals surface area (Å²) in [5.41, 5.74) is 3.70. The van der Waals surface area contributed by atoms with Gasteiger partial charge in [0.2, 0.25) is 0 Å². The van der Waals surface area contributed by atoms with Crippen molar-refractivity contribution in [3.63, 3.8) is 0 Å². The van der Waals surface area contributed by atoms with Crippen LogP contribution in [-0.2, 0) is 6.54 Å². The molecule has 0 spiro atoms. The van der Waals surface area contributed by atoms with Crippen molar-refractivity contribution in [3.8, 4) is 5.75 Å². The van der Waals surface area contributed by atoms with E-state index in [4.69, 9.17) is 17.0 Å². The standard InChI is InChI=1S/C21H27N3OS/c1-3-25-20-11-7-6-10-19(20)22-21(26)24-14-12-23(13-15-24)16-18-9-5-4-8-17(18)2/h4-11H,3,12-16H2,1-2H3,(H,22,26). The number of aryl methyl sites for hydroxylation is 1. The molecule has 2 aromatic carbocycles. The molecule has 3 rings (SSSR count). The Morgan fingerprint density at radius 2 is 1.73 bits per heavy atom. The second-order valence-corrected chi connectivity index (χ2v) is 6.94. The van der Waals surface area contributed by atoms with Crippen molar-refractivity contribution in [2.75, 3.05) is 38.1 Å². The first-order chi connectivity index (χ1) is 12.7. The van der Waals surface area contributed by atoms with E-state index in [1.54, 1.807) is 0 Å². The summed E-state index contributed by atoms with van der Waals surface area (Å²) in [4.78, 5) is 4.74. The lowest BCUT2D eigenvalue weighted by molar-refractivity contribution is 0.176. The predicted molar refractivity (Wildman–Crippen MR) is 112 cm³/mol. The Morgan fingerprint density at radius 3 is 2.46 bits per heavy atom. The molecule has 1 N–H and O–H groups in total. The first-order valence-corrected chi connectivity index (χ1v) is 9.63. The summed E-state index contributed by atoms with van der Waals surface area (Å²) in [6.07, 6.45) is 0. The molecule has 1 heterocycles. The van der Waals surface area contributed by atoms with Crippen LogP contribution in [0.1, 0.15) is 18.1 Å². The van der Waals surface area contributed by atoms with Gasteiger partial charge in [0.15, 0.2) is 5.11 Å². The fraction of sp³-hybridized carbons (Fsp3) is 0.381. The van der Waals surface area contributed by atoms with Gasteiger partial charge in [-0.3, -0.25) is 4.90 Å². The summed E-state index contributed by atoms with van der Waals surface area (Å²) < 4.78 is 5.67. The Balaban J connectivity index is 1.53. The number of anilines is 1. The number of thiocarbonyl (C=S) groups is 1. The van der Waals surface area contributed by atoms with Crippen LogP contribution in [0.2, 0.25) is 0 Å². The molecular weight excluding hydrogens is 342 g/mol. The van der Waals surface area contributed by atoms with Crippen molar-refractivity contribution in [2.24, 2.45) is 0 Å². The molecule has 0 atom stereocenters. The summed E-state index contributed by atoms with van der Waals surface area (Å²) in [6.45, 7) is 9.73. The lowest BCUT2D eigenvalue weighted by Crippen LogP contribution is -2.49. The van der Waals surface area contributed by atoms with Crippen molar-refractivity contribution < 1.29 is 4.74 Å². The van der Waals surface area contributed by atoms with Crippen LogP contribution in [-0.4, -0.2) is 47.7 Å². The monoisotopic (exact) mass is 369 g/mol. The maximum absolute atomic E-state index is 5.67. The van der Waals surface area contributed by atoms with Gasteiger partial charge in [0.05, 0.1) is 12.3 Å². The third-order valence-corrected chi connectivity index (χ3v) is 5.10. The first-order valence-electron chi connectivity index (χ1n) is 9.22. The molecule has 4 nitrogen and oxygen atoms in total. The highest BCUT2D eigenvalue weighted by Crippen LogP contribution is 2.24. The van der Waals surface area contributed by atoms with E-state index in [0.29, 0.717) is 6.61 Å². The minimum atomic E-state index is 0.642. The highest BCUT2D eigenvalue weighted by molar-refractivity contribution is 7.80. The van der Waals surface area contributed by atoms with Crippen molar-refractivity contribution in [1.82, 2.24) is 9.80 Å². The number of benzene rings is 2. The van der Waals surface area contributed by atoms with Crippen LogP contribution in [0.15, 0.2) is 48.5 Å². The summed E-state index contributed by atoms with van der Waals surface area (Å²) >= 11 is 5.63. The van der Waals surface area contributed by atoms with Crippen LogP contribution in [0.5, 0.6) is 5.75 Å². The van der Waals surface area contributed by atoms with Gasteiger partial charge in [0.25, 0.3) is 0 Å². The van der Waals surface area contributed by atoms with Gasteiger partial charge in [-0.15, -0.1) is 0 Å². The molecule has 0 radical (unpaired) electrons. The molecule has 1 fully saturated rings. The van der Waals surface area contributed by atoms with Gasteiger partial charge in [-0.1, -0.05) is 36.4 Å². The molecule has 26 heavy (non-hydrogen) atoms. The SMILES string of the molecule is CCOc1ccccc1NC(=S)N1CCN(Cc2ccccc2C)CC1. The summed E-state index contributed by atoms with van der Waals surface area (Å²) in [5, 5.41) is 4.12. The molecule has 1 saturated heterocycles. The number of rotatable bonds is 5. The van der Waals surface area contributed by atoms with Crippen molar-refractivity contribution in [2.45, 2.75) is 20.4 Å². The first kappa shape index (κ1) is 18.7. The molecular formula is C21H27N3OS. The molecule has 2 aromatic rings. The highest BCUT2D eigenvalue weighted by Gasteiger charge is 2.20. The van der Waals surface area contributed by atoms with Gasteiger partial charge in [-0.05, 0) is 49.3 Å². The molecule has 0 saturated carbocycles. The third-order valence-electron chi connectivity index (χ3n) is 4.74. The third kappa shape index (κ3) is 4.74. The fourth-order valence-electron chi connectivity index (χ4n) is 3.18. The molecule has 0 aromatic heterocycles. The van der Waals surface area contributed by atoms with E-state index < -0.39 is 0 Å². The van der Waals surface area contributed by atoms with Gasteiger partial charge in [0.1, 0.15) is 5.75 Å². The Hall–Kier alpha value is -2.11. The van der Waals surface area contributed by atoms with E-state index in [2.05, 4.69) is 46.3 Å². The van der Waals surface area contributed by atoms with Crippen LogP contribution < -0.4 is 10.1 Å². The Kier molecular flexibility index (Phi) is 6.47. The zero-order chi connectivity index (χ0) is 18.4. The second-order valence-electron chi connectivity index (χ2n) is 6.55. The maximum Gasteiger partial charge on any atom is 0.173 e. The largest absolute Gasteiger partial charge is 0.492 e. The Morgan fingerprint density at radius 1 is 1.04 bits per heavy atom. The second kappa shape index (κ2) is 9.01. The van der Waals surface area contributed by atoms with Gasteiger partial charge in [-0.2, -0.15) is 0 Å². The Labute approximate surface area is 161 Å². The van der Waals surface area contributed by atoms with Crippen LogP contribution in [0.3, 0.4) is 0 Å². The van der Waals surface area contributed by atoms with E-state index >= 15 is 0 Å². The zero-order valence-electron chi connectivity index (χ0n) is 15.6. The lowest BCUT2D eigenvalue weighted by atomic mass is 10.1. The summed E-state index contributed by atoms with van der Waals surface area (Å²) in [7, 11) is 0. The lowest BCUT2D eigenvalue weighted by Gasteiger charge is -2.36. The fourth-order valence-corrected chi connectivity index (χ4v) is 3.48. The van der Waals surface area contributed by atoms with Crippen molar-refractivity contribution in [1.29, 1.82) is 0 Å². The molecule has 0 unspecified atom stereocenters. The van der Waals surface area contributed by atoms with Gasteiger partial charge >= 0.3 is 0 Å². The molecule has 5 heteroatoms. The molecule has 0 bridgehead atoms. The average Bonchev–Trinajstić information content (AvgIpc) is 2.66. The Bertz CT molecular complexity index is 742. The van der Waals surface area contributed by atoms with Crippen LogP contribution >= 0.6 is 12.2 Å². The molecule has 0 amide bonds. The summed E-state index contributed by atoms with van der Waals surface area (Å²) in [6, 6.07) is 16.6. The smallest absolute Gasteiger partial charge is 0.173 e. The number of ether oxygens (including phenoxy) is 1. The van der Waals surface area contributed by atoms with E-state index in [9.17, 15) is 0 Å². The minimum absolute atomic E-state index is 0.642. The highest BCUT2D eigenvalue weighted by atomic mass is 32.1. The zero-order valence-corrected chi connectivity index (χ0v) is 16.4. The van der Waals surface area contributed by atoms with E-state index in [1.165, 1.54) is 11.1 Å².